The summed E-state index contributed by atoms with van der Waals surface area (Å²) < 4.78 is 24.3. The van der Waals surface area contributed by atoms with Gasteiger partial charge in [-0.3, -0.25) is 9.69 Å². The second-order valence-corrected chi connectivity index (χ2v) is 10.2. The molecule has 0 radical (unpaired) electrons. The highest BCUT2D eigenvalue weighted by atomic mass is 32.2. The highest BCUT2D eigenvalue weighted by Crippen LogP contribution is 2.39. The highest BCUT2D eigenvalue weighted by molar-refractivity contribution is 7.91. The number of carbonyl (C=O) groups is 1. The molecule has 3 rings (SSSR count). The van der Waals surface area contributed by atoms with E-state index in [1.54, 1.807) is 22.7 Å². The molecular formula is C16H20N2O3S3. The van der Waals surface area contributed by atoms with Crippen molar-refractivity contribution in [1.29, 1.82) is 0 Å². The molecule has 0 bridgehead atoms. The van der Waals surface area contributed by atoms with Gasteiger partial charge >= 0.3 is 0 Å². The van der Waals surface area contributed by atoms with Crippen LogP contribution in [0.15, 0.2) is 29.0 Å². The van der Waals surface area contributed by atoms with Gasteiger partial charge in [-0.15, -0.1) is 22.7 Å². The molecule has 0 saturated carbocycles. The van der Waals surface area contributed by atoms with Gasteiger partial charge in [0.25, 0.3) is 0 Å². The standard InChI is InChI=1S/C16H20N2O3S3/c17-15(19)5-10-24(20,21)11-7-18-6-3-13-12(4-9-23-13)16(18)14-2-1-8-22-14/h1-2,4,8-9,16H,3,5-7,10-11H2,(H2,17,19)/t16-/m0/s1. The minimum atomic E-state index is -3.27. The monoisotopic (exact) mass is 384 g/mol. The van der Waals surface area contributed by atoms with E-state index in [0.717, 1.165) is 13.0 Å². The summed E-state index contributed by atoms with van der Waals surface area (Å²) in [5.74, 6) is -0.679. The molecule has 2 N–H and O–H groups in total. The molecule has 2 aromatic rings. The van der Waals surface area contributed by atoms with Gasteiger partial charge in [-0.25, -0.2) is 8.42 Å². The van der Waals surface area contributed by atoms with Gasteiger partial charge in [0.1, 0.15) is 0 Å². The maximum absolute atomic E-state index is 12.1. The van der Waals surface area contributed by atoms with Gasteiger partial charge in [-0.1, -0.05) is 6.07 Å². The van der Waals surface area contributed by atoms with Crippen LogP contribution in [0.1, 0.15) is 27.8 Å². The minimum Gasteiger partial charge on any atom is -0.370 e. The normalized spacial score (nSPS) is 18.4. The van der Waals surface area contributed by atoms with Crippen LogP contribution >= 0.6 is 22.7 Å². The molecule has 0 aromatic carbocycles. The van der Waals surface area contributed by atoms with Crippen LogP contribution in [0, 0.1) is 0 Å². The third kappa shape index (κ3) is 4.05. The van der Waals surface area contributed by atoms with E-state index < -0.39 is 15.7 Å². The topological polar surface area (TPSA) is 80.5 Å². The first kappa shape index (κ1) is 17.6. The molecule has 8 heteroatoms. The van der Waals surface area contributed by atoms with Crippen molar-refractivity contribution >= 4 is 38.4 Å². The predicted molar refractivity (Wildman–Crippen MR) is 98.2 cm³/mol. The van der Waals surface area contributed by atoms with Crippen LogP contribution in [0.4, 0.5) is 0 Å². The lowest BCUT2D eigenvalue weighted by atomic mass is 9.99. The van der Waals surface area contributed by atoms with Crippen LogP contribution in [-0.2, 0) is 21.1 Å². The summed E-state index contributed by atoms with van der Waals surface area (Å²) in [6.45, 7) is 1.32. The SMILES string of the molecule is NC(=O)CCS(=O)(=O)CCN1CCc2sccc2[C@H]1c1cccs1. The van der Waals surface area contributed by atoms with Crippen molar-refractivity contribution in [3.63, 3.8) is 0 Å². The summed E-state index contributed by atoms with van der Waals surface area (Å²) in [6, 6.07) is 6.42. The molecule has 1 aliphatic rings. The van der Waals surface area contributed by atoms with Gasteiger partial charge in [0.15, 0.2) is 9.84 Å². The van der Waals surface area contributed by atoms with Crippen molar-refractivity contribution in [2.75, 3.05) is 24.6 Å². The van der Waals surface area contributed by atoms with Crippen LogP contribution < -0.4 is 5.73 Å². The summed E-state index contributed by atoms with van der Waals surface area (Å²) in [5, 5.41) is 4.16. The second-order valence-electron chi connectivity index (χ2n) is 5.87. The number of carbonyl (C=O) groups excluding carboxylic acids is 1. The highest BCUT2D eigenvalue weighted by Gasteiger charge is 2.30. The first-order chi connectivity index (χ1) is 11.5. The number of hydrogen-bond acceptors (Lipinski definition) is 6. The number of sulfone groups is 1. The minimum absolute atomic E-state index is 0.0572. The number of rotatable bonds is 7. The largest absolute Gasteiger partial charge is 0.370 e. The van der Waals surface area contributed by atoms with Crippen LogP contribution in [0.3, 0.4) is 0 Å². The molecule has 0 aliphatic carbocycles. The molecule has 3 heterocycles. The Morgan fingerprint density at radius 1 is 1.25 bits per heavy atom. The third-order valence-corrected chi connectivity index (χ3v) is 7.78. The van der Waals surface area contributed by atoms with Crippen molar-refractivity contribution < 1.29 is 13.2 Å². The fourth-order valence-electron chi connectivity index (χ4n) is 3.00. The number of amides is 1. The molecular weight excluding hydrogens is 364 g/mol. The van der Waals surface area contributed by atoms with Crippen molar-refractivity contribution in [2.45, 2.75) is 18.9 Å². The fraction of sp³-hybridized carbons (Fsp3) is 0.438. The zero-order valence-corrected chi connectivity index (χ0v) is 15.6. The average molecular weight is 385 g/mol. The zero-order chi connectivity index (χ0) is 17.2. The molecule has 0 spiro atoms. The Morgan fingerprint density at radius 3 is 2.79 bits per heavy atom. The number of primary amides is 1. The molecule has 0 unspecified atom stereocenters. The molecule has 2 aromatic heterocycles. The van der Waals surface area contributed by atoms with Crippen LogP contribution in [0.5, 0.6) is 0 Å². The van der Waals surface area contributed by atoms with Gasteiger partial charge < -0.3 is 5.73 Å². The molecule has 1 atom stereocenters. The van der Waals surface area contributed by atoms with Crippen LogP contribution in [0.2, 0.25) is 0 Å². The zero-order valence-electron chi connectivity index (χ0n) is 13.2. The Hall–Kier alpha value is -1.22. The lowest BCUT2D eigenvalue weighted by molar-refractivity contribution is -0.117. The molecule has 1 aliphatic heterocycles. The van der Waals surface area contributed by atoms with Crippen molar-refractivity contribution in [2.24, 2.45) is 5.73 Å². The quantitative estimate of drug-likeness (QED) is 0.792. The van der Waals surface area contributed by atoms with Crippen molar-refractivity contribution in [1.82, 2.24) is 4.90 Å². The van der Waals surface area contributed by atoms with E-state index in [4.69, 9.17) is 5.73 Å². The van der Waals surface area contributed by atoms with Crippen molar-refractivity contribution in [3.8, 4) is 0 Å². The Balaban J connectivity index is 1.74. The van der Waals surface area contributed by atoms with Gasteiger partial charge in [-0.2, -0.15) is 0 Å². The molecule has 0 saturated heterocycles. The number of fused-ring (bicyclic) bond motifs is 1. The van der Waals surface area contributed by atoms with E-state index in [2.05, 4.69) is 27.8 Å². The Kier molecular flexibility index (Phi) is 5.39. The van der Waals surface area contributed by atoms with Gasteiger partial charge in [-0.05, 0) is 34.9 Å². The maximum Gasteiger partial charge on any atom is 0.218 e. The Labute approximate surface area is 150 Å². The lowest BCUT2D eigenvalue weighted by Gasteiger charge is -2.35. The summed E-state index contributed by atoms with van der Waals surface area (Å²) in [4.78, 5) is 15.7. The van der Waals surface area contributed by atoms with Crippen LogP contribution in [-0.4, -0.2) is 43.8 Å². The van der Waals surface area contributed by atoms with Gasteiger partial charge in [0.2, 0.25) is 5.91 Å². The molecule has 5 nitrogen and oxygen atoms in total. The van der Waals surface area contributed by atoms with Gasteiger partial charge in [0, 0.05) is 29.3 Å². The molecule has 0 fully saturated rings. The van der Waals surface area contributed by atoms with E-state index in [1.807, 2.05) is 6.07 Å². The Morgan fingerprint density at radius 2 is 2.08 bits per heavy atom. The van der Waals surface area contributed by atoms with Gasteiger partial charge in [0.05, 0.1) is 17.5 Å². The third-order valence-electron chi connectivity index (χ3n) is 4.23. The summed E-state index contributed by atoms with van der Waals surface area (Å²) in [5.41, 5.74) is 6.35. The van der Waals surface area contributed by atoms with Crippen molar-refractivity contribution in [3.05, 3.63) is 44.3 Å². The van der Waals surface area contributed by atoms with E-state index in [-0.39, 0.29) is 24.0 Å². The molecule has 1 amide bonds. The summed E-state index contributed by atoms with van der Waals surface area (Å²) in [6.07, 6.45) is 0.849. The van der Waals surface area contributed by atoms with E-state index in [1.165, 1.54) is 15.3 Å². The number of hydrogen-bond donors (Lipinski definition) is 1. The summed E-state index contributed by atoms with van der Waals surface area (Å²) in [7, 11) is -3.27. The first-order valence-corrected chi connectivity index (χ1v) is 11.4. The fourth-order valence-corrected chi connectivity index (χ4v) is 6.01. The summed E-state index contributed by atoms with van der Waals surface area (Å²) >= 11 is 3.47. The van der Waals surface area contributed by atoms with E-state index >= 15 is 0 Å². The predicted octanol–water partition coefficient (Wildman–Crippen LogP) is 2.05. The molecule has 130 valence electrons. The lowest BCUT2D eigenvalue weighted by Crippen LogP contribution is -2.38. The number of thiophene rings is 2. The first-order valence-electron chi connectivity index (χ1n) is 7.79. The number of nitrogens with zero attached hydrogens (tertiary/aromatic N) is 1. The average Bonchev–Trinajstić information content (AvgIpc) is 3.21. The van der Waals surface area contributed by atoms with E-state index in [9.17, 15) is 13.2 Å². The van der Waals surface area contributed by atoms with Crippen LogP contribution in [0.25, 0.3) is 0 Å². The second kappa shape index (κ2) is 7.35. The Bertz CT molecular complexity index is 796. The molecule has 24 heavy (non-hydrogen) atoms. The van der Waals surface area contributed by atoms with E-state index in [0.29, 0.717) is 6.54 Å². The number of nitrogens with two attached hydrogens (primary N) is 1. The maximum atomic E-state index is 12.1. The smallest absolute Gasteiger partial charge is 0.218 e.